The second kappa shape index (κ2) is 5.85. The summed E-state index contributed by atoms with van der Waals surface area (Å²) in [5.74, 6) is 1.54. The highest BCUT2D eigenvalue weighted by Crippen LogP contribution is 2.28. The van der Waals surface area contributed by atoms with E-state index >= 15 is 0 Å². The normalized spacial score (nSPS) is 22.3. The van der Waals surface area contributed by atoms with Crippen LogP contribution < -0.4 is 5.32 Å². The third-order valence-electron chi connectivity index (χ3n) is 3.18. The van der Waals surface area contributed by atoms with E-state index in [1.165, 1.54) is 0 Å². The standard InChI is InChI=1S/C13H14BrN3O2S/c14-9-1-3-10(4-2-9)20-7-11-16-12(19-17-11)13(18)5-6-15-8-13/h1-4,15,18H,5-8H2. The molecule has 0 bridgehead atoms. The quantitative estimate of drug-likeness (QED) is 0.820. The van der Waals surface area contributed by atoms with Crippen LogP contribution in [0.25, 0.3) is 0 Å². The van der Waals surface area contributed by atoms with Crippen LogP contribution in [0.4, 0.5) is 0 Å². The number of benzene rings is 1. The highest BCUT2D eigenvalue weighted by atomic mass is 79.9. The van der Waals surface area contributed by atoms with Crippen molar-refractivity contribution in [3.63, 3.8) is 0 Å². The van der Waals surface area contributed by atoms with E-state index in [2.05, 4.69) is 31.4 Å². The lowest BCUT2D eigenvalue weighted by Gasteiger charge is -2.14. The summed E-state index contributed by atoms with van der Waals surface area (Å²) in [6.45, 7) is 1.23. The Labute approximate surface area is 129 Å². The predicted molar refractivity (Wildman–Crippen MR) is 79.4 cm³/mol. The summed E-state index contributed by atoms with van der Waals surface area (Å²) in [5, 5.41) is 17.4. The summed E-state index contributed by atoms with van der Waals surface area (Å²) in [4.78, 5) is 5.44. The minimum Gasteiger partial charge on any atom is -0.379 e. The number of nitrogens with zero attached hydrogens (tertiary/aromatic N) is 2. The summed E-state index contributed by atoms with van der Waals surface area (Å²) < 4.78 is 6.24. The van der Waals surface area contributed by atoms with Crippen molar-refractivity contribution in [2.75, 3.05) is 13.1 Å². The smallest absolute Gasteiger partial charge is 0.260 e. The van der Waals surface area contributed by atoms with Crippen molar-refractivity contribution in [3.05, 3.63) is 40.5 Å². The van der Waals surface area contributed by atoms with Gasteiger partial charge in [0.2, 0.25) is 0 Å². The first kappa shape index (κ1) is 14.1. The van der Waals surface area contributed by atoms with Crippen molar-refractivity contribution in [2.24, 2.45) is 0 Å². The zero-order valence-corrected chi connectivity index (χ0v) is 13.1. The molecule has 3 rings (SSSR count). The third kappa shape index (κ3) is 3.06. The fraction of sp³-hybridized carbons (Fsp3) is 0.385. The first-order valence-corrected chi connectivity index (χ1v) is 8.08. The molecule has 0 aliphatic carbocycles. The molecule has 1 atom stereocenters. The Balaban J connectivity index is 1.64. The molecule has 0 saturated carbocycles. The molecule has 1 aromatic carbocycles. The van der Waals surface area contributed by atoms with Gasteiger partial charge in [0.25, 0.3) is 5.89 Å². The zero-order chi connectivity index (χ0) is 14.0. The molecule has 1 saturated heterocycles. The van der Waals surface area contributed by atoms with Crippen LogP contribution in [0, 0.1) is 0 Å². The summed E-state index contributed by atoms with van der Waals surface area (Å²) in [7, 11) is 0. The minimum atomic E-state index is -1.01. The Bertz CT molecular complexity index is 582. The number of aliphatic hydroxyl groups is 1. The SMILES string of the molecule is OC1(c2nc(CSc3ccc(Br)cc3)no2)CCNC1. The first-order valence-electron chi connectivity index (χ1n) is 6.30. The summed E-state index contributed by atoms with van der Waals surface area (Å²) in [6.07, 6.45) is 0.606. The van der Waals surface area contributed by atoms with E-state index in [4.69, 9.17) is 4.52 Å². The number of aromatic nitrogens is 2. The molecule has 1 aromatic heterocycles. The maximum Gasteiger partial charge on any atom is 0.260 e. The highest BCUT2D eigenvalue weighted by molar-refractivity contribution is 9.10. The fourth-order valence-electron chi connectivity index (χ4n) is 2.04. The third-order valence-corrected chi connectivity index (χ3v) is 4.72. The Hall–Kier alpha value is -0.890. The van der Waals surface area contributed by atoms with Gasteiger partial charge < -0.3 is 14.9 Å². The van der Waals surface area contributed by atoms with Crippen LogP contribution >= 0.6 is 27.7 Å². The Kier molecular flexibility index (Phi) is 4.11. The van der Waals surface area contributed by atoms with Gasteiger partial charge in [0, 0.05) is 15.9 Å². The Morgan fingerprint density at radius 2 is 2.20 bits per heavy atom. The van der Waals surface area contributed by atoms with Crippen LogP contribution in [0.2, 0.25) is 0 Å². The predicted octanol–water partition coefficient (Wildman–Crippen LogP) is 2.31. The molecule has 2 N–H and O–H groups in total. The molecule has 106 valence electrons. The maximum absolute atomic E-state index is 10.3. The molecule has 1 aliphatic heterocycles. The lowest BCUT2D eigenvalue weighted by Crippen LogP contribution is -2.28. The lowest BCUT2D eigenvalue weighted by atomic mass is 10.0. The van der Waals surface area contributed by atoms with E-state index < -0.39 is 5.60 Å². The van der Waals surface area contributed by atoms with Gasteiger partial charge in [-0.15, -0.1) is 11.8 Å². The largest absolute Gasteiger partial charge is 0.379 e. The van der Waals surface area contributed by atoms with Gasteiger partial charge >= 0.3 is 0 Å². The number of hydrogen-bond donors (Lipinski definition) is 2. The van der Waals surface area contributed by atoms with E-state index in [1.54, 1.807) is 11.8 Å². The molecule has 1 unspecified atom stereocenters. The van der Waals surface area contributed by atoms with Crippen molar-refractivity contribution < 1.29 is 9.63 Å². The molecule has 1 aliphatic rings. The van der Waals surface area contributed by atoms with Gasteiger partial charge in [-0.2, -0.15) is 4.98 Å². The summed E-state index contributed by atoms with van der Waals surface area (Å²) >= 11 is 5.04. The van der Waals surface area contributed by atoms with Crippen molar-refractivity contribution in [1.82, 2.24) is 15.5 Å². The Morgan fingerprint density at radius 3 is 2.90 bits per heavy atom. The molecular weight excluding hydrogens is 342 g/mol. The van der Waals surface area contributed by atoms with Crippen LogP contribution in [0.3, 0.4) is 0 Å². The maximum atomic E-state index is 10.3. The molecule has 1 fully saturated rings. The van der Waals surface area contributed by atoms with Gasteiger partial charge in [0.15, 0.2) is 11.4 Å². The minimum absolute atomic E-state index is 0.314. The molecule has 2 heterocycles. The number of thioether (sulfide) groups is 1. The zero-order valence-electron chi connectivity index (χ0n) is 10.7. The number of hydrogen-bond acceptors (Lipinski definition) is 6. The lowest BCUT2D eigenvalue weighted by molar-refractivity contribution is 0.0243. The average Bonchev–Trinajstić information content (AvgIpc) is 3.08. The molecular formula is C13H14BrN3O2S. The molecule has 20 heavy (non-hydrogen) atoms. The second-order valence-corrected chi connectivity index (χ2v) is 6.68. The van der Waals surface area contributed by atoms with Crippen molar-refractivity contribution in [3.8, 4) is 0 Å². The van der Waals surface area contributed by atoms with Crippen molar-refractivity contribution in [1.29, 1.82) is 0 Å². The molecule has 0 radical (unpaired) electrons. The summed E-state index contributed by atoms with van der Waals surface area (Å²) in [5.41, 5.74) is -1.01. The average molecular weight is 356 g/mol. The van der Waals surface area contributed by atoms with Crippen molar-refractivity contribution >= 4 is 27.7 Å². The van der Waals surface area contributed by atoms with Crippen LogP contribution in [0.1, 0.15) is 18.1 Å². The van der Waals surface area contributed by atoms with Gasteiger partial charge in [-0.1, -0.05) is 21.1 Å². The van der Waals surface area contributed by atoms with E-state index in [0.29, 0.717) is 30.4 Å². The van der Waals surface area contributed by atoms with Gasteiger partial charge in [0.1, 0.15) is 0 Å². The number of rotatable bonds is 4. The summed E-state index contributed by atoms with van der Waals surface area (Å²) in [6, 6.07) is 8.06. The second-order valence-electron chi connectivity index (χ2n) is 4.72. The molecule has 7 heteroatoms. The van der Waals surface area contributed by atoms with E-state index in [9.17, 15) is 5.11 Å². The van der Waals surface area contributed by atoms with E-state index in [1.807, 2.05) is 24.3 Å². The van der Waals surface area contributed by atoms with Gasteiger partial charge in [0.05, 0.1) is 5.75 Å². The van der Waals surface area contributed by atoms with Crippen LogP contribution in [-0.2, 0) is 11.4 Å². The van der Waals surface area contributed by atoms with Gasteiger partial charge in [-0.25, -0.2) is 0 Å². The molecule has 2 aromatic rings. The van der Waals surface area contributed by atoms with Crippen LogP contribution in [0.15, 0.2) is 38.2 Å². The first-order chi connectivity index (χ1) is 9.66. The van der Waals surface area contributed by atoms with E-state index in [-0.39, 0.29) is 0 Å². The molecule has 0 amide bonds. The van der Waals surface area contributed by atoms with Crippen LogP contribution in [-0.4, -0.2) is 28.3 Å². The molecule has 5 nitrogen and oxygen atoms in total. The van der Waals surface area contributed by atoms with Gasteiger partial charge in [-0.3, -0.25) is 0 Å². The van der Waals surface area contributed by atoms with Crippen molar-refractivity contribution in [2.45, 2.75) is 22.7 Å². The van der Waals surface area contributed by atoms with Crippen LogP contribution in [0.5, 0.6) is 0 Å². The topological polar surface area (TPSA) is 71.2 Å². The van der Waals surface area contributed by atoms with E-state index in [0.717, 1.165) is 15.9 Å². The number of halogens is 1. The number of nitrogens with one attached hydrogen (secondary N) is 1. The molecule has 0 spiro atoms. The number of β-amino-alcohol motifs (C(OH)–C–C–N with tert-alkyl or cyclic N) is 1. The Morgan fingerprint density at radius 1 is 1.40 bits per heavy atom. The van der Waals surface area contributed by atoms with Gasteiger partial charge in [-0.05, 0) is 37.2 Å². The highest BCUT2D eigenvalue weighted by Gasteiger charge is 2.38. The monoisotopic (exact) mass is 355 g/mol. The fourth-order valence-corrected chi connectivity index (χ4v) is 3.05.